The maximum absolute atomic E-state index is 11.7. The normalized spacial score (nSPS) is 12.0. The van der Waals surface area contributed by atoms with Crippen LogP contribution in [-0.4, -0.2) is 25.7 Å². The lowest BCUT2D eigenvalue weighted by Gasteiger charge is -2.12. The van der Waals surface area contributed by atoms with Crippen molar-refractivity contribution in [1.29, 1.82) is 0 Å². The van der Waals surface area contributed by atoms with Crippen LogP contribution in [0.3, 0.4) is 0 Å². The van der Waals surface area contributed by atoms with Gasteiger partial charge in [-0.2, -0.15) is 0 Å². The van der Waals surface area contributed by atoms with Crippen molar-refractivity contribution >= 4 is 17.6 Å². The molecule has 0 aliphatic heterocycles. The van der Waals surface area contributed by atoms with Crippen molar-refractivity contribution < 1.29 is 14.3 Å². The van der Waals surface area contributed by atoms with Gasteiger partial charge in [-0.15, -0.1) is 0 Å². The minimum Gasteiger partial charge on any atom is -0.495 e. The van der Waals surface area contributed by atoms with Gasteiger partial charge in [0, 0.05) is 0 Å². The third-order valence-corrected chi connectivity index (χ3v) is 3.26. The zero-order valence-corrected chi connectivity index (χ0v) is 12.8. The molecule has 1 unspecified atom stereocenters. The molecule has 1 rings (SSSR count). The van der Waals surface area contributed by atoms with Crippen molar-refractivity contribution in [1.82, 2.24) is 0 Å². The minimum atomic E-state index is -0.666. The summed E-state index contributed by atoms with van der Waals surface area (Å²) in [6.45, 7) is 2.53. The van der Waals surface area contributed by atoms with Gasteiger partial charge < -0.3 is 15.2 Å². The number of esters is 1. The first kappa shape index (κ1) is 16.8. The zero-order valence-electron chi connectivity index (χ0n) is 12.0. The van der Waals surface area contributed by atoms with Crippen LogP contribution in [0.5, 0.6) is 5.75 Å². The number of carbonyl (C=O) groups excluding carboxylic acids is 1. The fourth-order valence-electron chi connectivity index (χ4n) is 1.81. The molecule has 0 aliphatic carbocycles. The number of halogens is 1. The third-order valence-electron chi connectivity index (χ3n) is 2.97. The lowest BCUT2D eigenvalue weighted by molar-refractivity contribution is -0.145. The van der Waals surface area contributed by atoms with Gasteiger partial charge >= 0.3 is 5.97 Å². The first-order valence-corrected chi connectivity index (χ1v) is 7.21. The molecule has 5 heteroatoms. The standard InChI is InChI=1S/C15H22ClNO3/c1-3-4-5-8-20-15(18)13(17)10-11-6-7-14(19-2)12(16)9-11/h6-7,9,13H,3-5,8,10,17H2,1-2H3. The molecule has 0 fully saturated rings. The van der Waals surface area contributed by atoms with E-state index < -0.39 is 6.04 Å². The number of hydrogen-bond acceptors (Lipinski definition) is 4. The van der Waals surface area contributed by atoms with Crippen molar-refractivity contribution in [2.75, 3.05) is 13.7 Å². The highest BCUT2D eigenvalue weighted by molar-refractivity contribution is 6.32. The molecule has 1 atom stereocenters. The van der Waals surface area contributed by atoms with E-state index in [1.807, 2.05) is 6.07 Å². The number of unbranched alkanes of at least 4 members (excludes halogenated alkanes) is 2. The summed E-state index contributed by atoms with van der Waals surface area (Å²) in [5.41, 5.74) is 6.72. The second-order valence-electron chi connectivity index (χ2n) is 4.65. The van der Waals surface area contributed by atoms with E-state index in [1.165, 1.54) is 0 Å². The molecule has 1 aromatic rings. The van der Waals surface area contributed by atoms with E-state index in [0.717, 1.165) is 24.8 Å². The summed E-state index contributed by atoms with van der Waals surface area (Å²) in [6, 6.07) is 4.69. The van der Waals surface area contributed by atoms with Crippen LogP contribution in [0.4, 0.5) is 0 Å². The van der Waals surface area contributed by atoms with E-state index in [1.54, 1.807) is 19.2 Å². The second kappa shape index (κ2) is 8.82. The molecule has 1 aromatic carbocycles. The Morgan fingerprint density at radius 3 is 2.75 bits per heavy atom. The Balaban J connectivity index is 2.46. The van der Waals surface area contributed by atoms with Gasteiger partial charge in [-0.3, -0.25) is 4.79 Å². The first-order valence-electron chi connectivity index (χ1n) is 6.83. The van der Waals surface area contributed by atoms with E-state index >= 15 is 0 Å². The highest BCUT2D eigenvalue weighted by Gasteiger charge is 2.16. The lowest BCUT2D eigenvalue weighted by atomic mass is 10.1. The Hall–Kier alpha value is -1.26. The molecular formula is C15H22ClNO3. The van der Waals surface area contributed by atoms with Gasteiger partial charge in [0.05, 0.1) is 18.7 Å². The summed E-state index contributed by atoms with van der Waals surface area (Å²) in [7, 11) is 1.56. The molecule has 0 aromatic heterocycles. The molecule has 0 amide bonds. The number of ether oxygens (including phenoxy) is 2. The van der Waals surface area contributed by atoms with E-state index in [-0.39, 0.29) is 5.97 Å². The largest absolute Gasteiger partial charge is 0.495 e. The quantitative estimate of drug-likeness (QED) is 0.592. The zero-order chi connectivity index (χ0) is 15.0. The van der Waals surface area contributed by atoms with Crippen molar-refractivity contribution in [3.63, 3.8) is 0 Å². The van der Waals surface area contributed by atoms with Gasteiger partial charge in [0.2, 0.25) is 0 Å². The number of methoxy groups -OCH3 is 1. The smallest absolute Gasteiger partial charge is 0.323 e. The summed E-state index contributed by atoms with van der Waals surface area (Å²) in [5.74, 6) is 0.235. The molecule has 0 bridgehead atoms. The van der Waals surface area contributed by atoms with Crippen LogP contribution in [0.25, 0.3) is 0 Å². The average Bonchev–Trinajstić information content (AvgIpc) is 2.43. The van der Waals surface area contributed by atoms with E-state index in [0.29, 0.717) is 23.8 Å². The van der Waals surface area contributed by atoms with Crippen molar-refractivity contribution in [3.05, 3.63) is 28.8 Å². The maximum atomic E-state index is 11.7. The molecule has 4 nitrogen and oxygen atoms in total. The second-order valence-corrected chi connectivity index (χ2v) is 5.06. The average molecular weight is 300 g/mol. The number of rotatable bonds is 8. The van der Waals surface area contributed by atoms with Crippen LogP contribution in [0, 0.1) is 0 Å². The molecule has 0 heterocycles. The first-order chi connectivity index (χ1) is 9.58. The highest BCUT2D eigenvalue weighted by atomic mass is 35.5. The Labute approximate surface area is 125 Å². The van der Waals surface area contributed by atoms with Crippen LogP contribution >= 0.6 is 11.6 Å². The van der Waals surface area contributed by atoms with Gasteiger partial charge in [0.15, 0.2) is 0 Å². The van der Waals surface area contributed by atoms with Crippen LogP contribution in [0.2, 0.25) is 5.02 Å². The fourth-order valence-corrected chi connectivity index (χ4v) is 2.09. The summed E-state index contributed by atoms with van der Waals surface area (Å²) in [6.07, 6.45) is 3.42. The molecule has 0 spiro atoms. The molecular weight excluding hydrogens is 278 g/mol. The number of carbonyl (C=O) groups is 1. The van der Waals surface area contributed by atoms with Gasteiger partial charge in [-0.25, -0.2) is 0 Å². The predicted molar refractivity (Wildman–Crippen MR) is 80.2 cm³/mol. The van der Waals surface area contributed by atoms with Crippen molar-refractivity contribution in [3.8, 4) is 5.75 Å². The van der Waals surface area contributed by atoms with Gasteiger partial charge in [-0.1, -0.05) is 37.4 Å². The lowest BCUT2D eigenvalue weighted by Crippen LogP contribution is -2.34. The molecule has 0 radical (unpaired) electrons. The maximum Gasteiger partial charge on any atom is 0.323 e. The van der Waals surface area contributed by atoms with Crippen LogP contribution < -0.4 is 10.5 Å². The van der Waals surface area contributed by atoms with Gasteiger partial charge in [-0.05, 0) is 30.5 Å². The minimum absolute atomic E-state index is 0.368. The number of nitrogens with two attached hydrogens (primary N) is 1. The van der Waals surface area contributed by atoms with E-state index in [2.05, 4.69) is 6.92 Å². The molecule has 0 aliphatic rings. The molecule has 112 valence electrons. The Morgan fingerprint density at radius 1 is 1.40 bits per heavy atom. The fraction of sp³-hybridized carbons (Fsp3) is 0.533. The van der Waals surface area contributed by atoms with Gasteiger partial charge in [0.25, 0.3) is 0 Å². The topological polar surface area (TPSA) is 61.5 Å². The van der Waals surface area contributed by atoms with Crippen LogP contribution in [-0.2, 0) is 16.0 Å². The van der Waals surface area contributed by atoms with Gasteiger partial charge in [0.1, 0.15) is 11.8 Å². The van der Waals surface area contributed by atoms with E-state index in [9.17, 15) is 4.79 Å². The third kappa shape index (κ3) is 5.39. The molecule has 0 saturated carbocycles. The highest BCUT2D eigenvalue weighted by Crippen LogP contribution is 2.25. The van der Waals surface area contributed by atoms with Crippen LogP contribution in [0.1, 0.15) is 31.7 Å². The Morgan fingerprint density at radius 2 is 2.15 bits per heavy atom. The molecule has 2 N–H and O–H groups in total. The molecule has 20 heavy (non-hydrogen) atoms. The summed E-state index contributed by atoms with van der Waals surface area (Å²) >= 11 is 6.03. The Kier molecular flexibility index (Phi) is 7.41. The Bertz CT molecular complexity index is 437. The monoisotopic (exact) mass is 299 g/mol. The predicted octanol–water partition coefficient (Wildman–Crippen LogP) is 2.95. The van der Waals surface area contributed by atoms with E-state index in [4.69, 9.17) is 26.8 Å². The summed E-state index contributed by atoms with van der Waals surface area (Å²) in [5, 5.41) is 0.508. The SMILES string of the molecule is CCCCCOC(=O)C(N)Cc1ccc(OC)c(Cl)c1. The number of hydrogen-bond donors (Lipinski definition) is 1. The molecule has 0 saturated heterocycles. The van der Waals surface area contributed by atoms with Crippen molar-refractivity contribution in [2.24, 2.45) is 5.73 Å². The number of benzene rings is 1. The van der Waals surface area contributed by atoms with Crippen LogP contribution in [0.15, 0.2) is 18.2 Å². The summed E-state index contributed by atoms with van der Waals surface area (Å²) in [4.78, 5) is 11.7. The summed E-state index contributed by atoms with van der Waals surface area (Å²) < 4.78 is 10.2. The van der Waals surface area contributed by atoms with Crippen molar-refractivity contribution in [2.45, 2.75) is 38.6 Å².